The number of alkyl halides is 3. The van der Waals surface area contributed by atoms with Gasteiger partial charge >= 0.3 is 6.18 Å². The average molecular weight is 358 g/mol. The molecule has 2 unspecified atom stereocenters. The number of aromatic nitrogens is 3. The van der Waals surface area contributed by atoms with Gasteiger partial charge in [-0.1, -0.05) is 0 Å². The van der Waals surface area contributed by atoms with Crippen LogP contribution in [0.25, 0.3) is 11.3 Å². The maximum absolute atomic E-state index is 12.8. The molecular weight excluding hydrogens is 341 g/mol. The first-order valence-electron chi connectivity index (χ1n) is 7.52. The number of aryl methyl sites for hydroxylation is 1. The normalized spacial score (nSPS) is 20.0. The van der Waals surface area contributed by atoms with Crippen molar-refractivity contribution < 1.29 is 17.4 Å². The molecule has 0 fully saturated rings. The lowest BCUT2D eigenvalue weighted by molar-refractivity contribution is -0.141. The Hall–Kier alpha value is -1.74. The zero-order chi connectivity index (χ0) is 17.5. The maximum atomic E-state index is 12.8. The summed E-state index contributed by atoms with van der Waals surface area (Å²) >= 11 is 0. The molecule has 3 atom stereocenters. The molecule has 24 heavy (non-hydrogen) atoms. The van der Waals surface area contributed by atoms with E-state index < -0.39 is 22.9 Å². The summed E-state index contributed by atoms with van der Waals surface area (Å²) in [5.41, 5.74) is 0.891. The Labute approximate surface area is 139 Å². The molecule has 0 saturated heterocycles. The predicted molar refractivity (Wildman–Crippen MR) is 84.2 cm³/mol. The van der Waals surface area contributed by atoms with Crippen LogP contribution in [-0.2, 0) is 23.7 Å². The van der Waals surface area contributed by atoms with Crippen LogP contribution >= 0.6 is 0 Å². The summed E-state index contributed by atoms with van der Waals surface area (Å²) in [5, 5.41) is 9.68. The van der Waals surface area contributed by atoms with Crippen LogP contribution in [0.15, 0.2) is 24.4 Å². The number of halogens is 3. The molecule has 3 rings (SSSR count). The Bertz CT molecular complexity index is 774. The minimum Gasteiger partial charge on any atom is -0.269 e. The fraction of sp³-hybridized carbons (Fsp3) is 0.467. The summed E-state index contributed by atoms with van der Waals surface area (Å²) in [7, 11) is -1.39. The van der Waals surface area contributed by atoms with E-state index in [9.17, 15) is 17.4 Å². The van der Waals surface area contributed by atoms with E-state index in [1.807, 2.05) is 6.92 Å². The van der Waals surface area contributed by atoms with Crippen molar-refractivity contribution in [3.05, 3.63) is 35.8 Å². The summed E-state index contributed by atoms with van der Waals surface area (Å²) in [6.45, 7) is 2.52. The zero-order valence-corrected chi connectivity index (χ0v) is 13.8. The Morgan fingerprint density at radius 1 is 1.46 bits per heavy atom. The highest BCUT2D eigenvalue weighted by atomic mass is 32.2. The number of rotatable bonds is 4. The van der Waals surface area contributed by atoms with Crippen LogP contribution in [0.3, 0.4) is 0 Å². The standard InChI is InChI=1S/C15H17F3N4OS/c1-9(24(19)23)6-11-3-5-22-13(11)8-12(21-22)10-2-4-20-14(7-10)15(16,17)18/h2,4,7-9,11H,3,5-6,19H2,1H3/t9?,11-,24?/m0/s1. The molecule has 3 heterocycles. The van der Waals surface area contributed by atoms with E-state index in [2.05, 4.69) is 10.1 Å². The van der Waals surface area contributed by atoms with E-state index >= 15 is 0 Å². The molecule has 9 heteroatoms. The molecular formula is C15H17F3N4OS. The van der Waals surface area contributed by atoms with Crippen LogP contribution in [0, 0.1) is 0 Å². The number of pyridine rings is 1. The second-order valence-corrected chi connectivity index (χ2v) is 7.43. The van der Waals surface area contributed by atoms with Gasteiger partial charge in [0.2, 0.25) is 0 Å². The van der Waals surface area contributed by atoms with E-state index in [1.54, 1.807) is 10.7 Å². The van der Waals surface area contributed by atoms with Crippen LogP contribution in [0.2, 0.25) is 0 Å². The first-order valence-corrected chi connectivity index (χ1v) is 8.79. The van der Waals surface area contributed by atoms with E-state index in [0.29, 0.717) is 24.2 Å². The minimum atomic E-state index is -4.48. The Balaban J connectivity index is 1.87. The summed E-state index contributed by atoms with van der Waals surface area (Å²) in [5.74, 6) is 0.165. The first-order chi connectivity index (χ1) is 11.3. The predicted octanol–water partition coefficient (Wildman–Crippen LogP) is 2.85. The topological polar surface area (TPSA) is 73.8 Å². The molecule has 5 nitrogen and oxygen atoms in total. The van der Waals surface area contributed by atoms with Gasteiger partial charge in [0.05, 0.1) is 16.7 Å². The van der Waals surface area contributed by atoms with Gasteiger partial charge in [-0.05, 0) is 38.0 Å². The molecule has 2 N–H and O–H groups in total. The summed E-state index contributed by atoms with van der Waals surface area (Å²) in [6.07, 6.45) is -1.81. The second-order valence-electron chi connectivity index (χ2n) is 5.97. The van der Waals surface area contributed by atoms with Crippen molar-refractivity contribution in [2.45, 2.75) is 43.7 Å². The number of nitrogens with zero attached hydrogens (tertiary/aromatic N) is 3. The molecule has 0 radical (unpaired) electrons. The molecule has 0 spiro atoms. The first kappa shape index (κ1) is 17.1. The van der Waals surface area contributed by atoms with Crippen molar-refractivity contribution in [3.8, 4) is 11.3 Å². The third kappa shape index (κ3) is 3.36. The monoisotopic (exact) mass is 358 g/mol. The van der Waals surface area contributed by atoms with Gasteiger partial charge in [0.1, 0.15) is 5.69 Å². The highest BCUT2D eigenvalue weighted by molar-refractivity contribution is 7.83. The largest absolute Gasteiger partial charge is 0.433 e. The molecule has 0 aliphatic carbocycles. The van der Waals surface area contributed by atoms with Gasteiger partial charge < -0.3 is 0 Å². The number of hydrogen-bond acceptors (Lipinski definition) is 3. The number of nitrogens with two attached hydrogens (primary N) is 1. The second kappa shape index (κ2) is 6.29. The Kier molecular flexibility index (Phi) is 4.48. The lowest BCUT2D eigenvalue weighted by Gasteiger charge is -2.13. The highest BCUT2D eigenvalue weighted by Gasteiger charge is 2.33. The Morgan fingerprint density at radius 2 is 2.21 bits per heavy atom. The third-order valence-electron chi connectivity index (χ3n) is 4.28. The van der Waals surface area contributed by atoms with Crippen LogP contribution in [0.1, 0.15) is 37.1 Å². The maximum Gasteiger partial charge on any atom is 0.433 e. The van der Waals surface area contributed by atoms with Gasteiger partial charge in [0.25, 0.3) is 0 Å². The lowest BCUT2D eigenvalue weighted by Crippen LogP contribution is -2.20. The van der Waals surface area contributed by atoms with Gasteiger partial charge in [0, 0.05) is 35.2 Å². The van der Waals surface area contributed by atoms with E-state index in [0.717, 1.165) is 24.4 Å². The molecule has 0 amide bonds. The van der Waals surface area contributed by atoms with Crippen LogP contribution in [-0.4, -0.2) is 24.2 Å². The molecule has 0 saturated carbocycles. The van der Waals surface area contributed by atoms with Crippen molar-refractivity contribution in [1.29, 1.82) is 0 Å². The molecule has 2 aromatic heterocycles. The van der Waals surface area contributed by atoms with Gasteiger partial charge in [0.15, 0.2) is 0 Å². The summed E-state index contributed by atoms with van der Waals surface area (Å²) in [6, 6.07) is 4.32. The molecule has 1 aliphatic rings. The average Bonchev–Trinajstić information content (AvgIpc) is 3.08. The van der Waals surface area contributed by atoms with E-state index in [4.69, 9.17) is 5.14 Å². The van der Waals surface area contributed by atoms with E-state index in [1.165, 1.54) is 6.07 Å². The van der Waals surface area contributed by atoms with Crippen molar-refractivity contribution in [1.82, 2.24) is 14.8 Å². The molecule has 130 valence electrons. The van der Waals surface area contributed by atoms with Crippen molar-refractivity contribution >= 4 is 11.0 Å². The lowest BCUT2D eigenvalue weighted by atomic mass is 9.98. The molecule has 1 aliphatic heterocycles. The van der Waals surface area contributed by atoms with Crippen molar-refractivity contribution in [2.75, 3.05) is 0 Å². The van der Waals surface area contributed by atoms with Gasteiger partial charge in [-0.2, -0.15) is 18.3 Å². The molecule has 2 aromatic rings. The smallest absolute Gasteiger partial charge is 0.269 e. The van der Waals surface area contributed by atoms with E-state index in [-0.39, 0.29) is 11.2 Å². The number of fused-ring (bicyclic) bond motifs is 1. The molecule has 0 aromatic carbocycles. The SMILES string of the molecule is CC(C[C@@H]1CCn2nc(-c3ccnc(C(F)(F)F)c3)cc21)S(N)=O. The fourth-order valence-corrected chi connectivity index (χ4v) is 3.41. The van der Waals surface area contributed by atoms with Crippen LogP contribution in [0.5, 0.6) is 0 Å². The number of hydrogen-bond donors (Lipinski definition) is 1. The van der Waals surface area contributed by atoms with Crippen molar-refractivity contribution in [2.24, 2.45) is 5.14 Å². The third-order valence-corrected chi connectivity index (χ3v) is 5.26. The quantitative estimate of drug-likeness (QED) is 0.913. The fourth-order valence-electron chi connectivity index (χ4n) is 2.99. The van der Waals surface area contributed by atoms with Gasteiger partial charge in [-0.15, -0.1) is 0 Å². The summed E-state index contributed by atoms with van der Waals surface area (Å²) in [4.78, 5) is 3.37. The molecule has 0 bridgehead atoms. The van der Waals surface area contributed by atoms with Gasteiger partial charge in [-0.25, -0.2) is 4.21 Å². The minimum absolute atomic E-state index is 0.141. The zero-order valence-electron chi connectivity index (χ0n) is 13.0. The van der Waals surface area contributed by atoms with Crippen LogP contribution in [0.4, 0.5) is 13.2 Å². The van der Waals surface area contributed by atoms with Crippen LogP contribution < -0.4 is 5.14 Å². The Morgan fingerprint density at radius 3 is 2.88 bits per heavy atom. The summed E-state index contributed by atoms with van der Waals surface area (Å²) < 4.78 is 51.6. The van der Waals surface area contributed by atoms with Crippen molar-refractivity contribution in [3.63, 3.8) is 0 Å². The van der Waals surface area contributed by atoms with Gasteiger partial charge in [-0.3, -0.25) is 14.8 Å². The highest BCUT2D eigenvalue weighted by Crippen LogP contribution is 2.36.